The summed E-state index contributed by atoms with van der Waals surface area (Å²) < 4.78 is 5.45. The van der Waals surface area contributed by atoms with E-state index in [4.69, 9.17) is 4.74 Å². The Labute approximate surface area is 329 Å². The number of carbonyl (C=O) groups excluding carboxylic acids is 2. The van der Waals surface area contributed by atoms with Crippen molar-refractivity contribution in [3.63, 3.8) is 0 Å². The molecule has 0 heterocycles. The van der Waals surface area contributed by atoms with Crippen molar-refractivity contribution < 1.29 is 24.5 Å². The van der Waals surface area contributed by atoms with Gasteiger partial charge in [-0.05, 0) is 32.1 Å². The van der Waals surface area contributed by atoms with E-state index in [-0.39, 0.29) is 18.5 Å². The number of hydrogen-bond acceptors (Lipinski definition) is 5. The number of aliphatic hydroxyl groups excluding tert-OH is 2. The number of unbranched alkanes of at least 4 members (excludes halogenated alkanes) is 32. The first-order valence-corrected chi connectivity index (χ1v) is 23.5. The number of ether oxygens (including phenoxy) is 1. The lowest BCUT2D eigenvalue weighted by molar-refractivity contribution is -0.143. The lowest BCUT2D eigenvalue weighted by Gasteiger charge is -2.20. The molecule has 53 heavy (non-hydrogen) atoms. The fourth-order valence-corrected chi connectivity index (χ4v) is 7.16. The highest BCUT2D eigenvalue weighted by molar-refractivity contribution is 5.76. The van der Waals surface area contributed by atoms with Crippen LogP contribution in [0.5, 0.6) is 0 Å². The van der Waals surface area contributed by atoms with Crippen LogP contribution >= 0.6 is 0 Å². The van der Waals surface area contributed by atoms with E-state index < -0.39 is 12.1 Å². The molecule has 0 spiro atoms. The first kappa shape index (κ1) is 51.6. The molecule has 0 rings (SSSR count). The number of allylic oxidation sites excluding steroid dienone is 1. The quantitative estimate of drug-likeness (QED) is 0.0328. The molecule has 0 saturated carbocycles. The maximum Gasteiger partial charge on any atom is 0.305 e. The summed E-state index contributed by atoms with van der Waals surface area (Å²) in [4.78, 5) is 24.4. The van der Waals surface area contributed by atoms with E-state index in [1.165, 1.54) is 167 Å². The molecule has 0 radical (unpaired) electrons. The summed E-state index contributed by atoms with van der Waals surface area (Å²) in [5, 5.41) is 22.9. The Kier molecular flexibility index (Phi) is 42.2. The Bertz CT molecular complexity index is 787. The molecule has 0 fully saturated rings. The van der Waals surface area contributed by atoms with E-state index in [2.05, 4.69) is 19.2 Å². The van der Waals surface area contributed by atoms with Crippen LogP contribution in [-0.2, 0) is 14.3 Å². The Balaban J connectivity index is 3.48. The Morgan fingerprint density at radius 2 is 0.868 bits per heavy atom. The van der Waals surface area contributed by atoms with Crippen LogP contribution in [0.25, 0.3) is 0 Å². The van der Waals surface area contributed by atoms with Gasteiger partial charge in [-0.1, -0.05) is 219 Å². The molecule has 6 heteroatoms. The van der Waals surface area contributed by atoms with Crippen molar-refractivity contribution in [2.75, 3.05) is 13.2 Å². The Morgan fingerprint density at radius 3 is 1.28 bits per heavy atom. The fraction of sp³-hybridized carbons (Fsp3) is 0.915. The zero-order valence-electron chi connectivity index (χ0n) is 35.5. The first-order valence-electron chi connectivity index (χ1n) is 23.5. The topological polar surface area (TPSA) is 95.9 Å². The van der Waals surface area contributed by atoms with Crippen LogP contribution in [0.15, 0.2) is 12.2 Å². The molecule has 3 N–H and O–H groups in total. The van der Waals surface area contributed by atoms with Crippen LogP contribution in [-0.4, -0.2) is 47.4 Å². The predicted octanol–water partition coefficient (Wildman–Crippen LogP) is 13.4. The number of rotatable bonds is 43. The summed E-state index contributed by atoms with van der Waals surface area (Å²) in [6.45, 7) is 4.85. The van der Waals surface area contributed by atoms with Gasteiger partial charge in [-0.3, -0.25) is 9.59 Å². The summed E-state index contributed by atoms with van der Waals surface area (Å²) in [5.74, 6) is -0.0944. The molecule has 1 amide bonds. The number of nitrogens with one attached hydrogen (secondary N) is 1. The smallest absolute Gasteiger partial charge is 0.305 e. The van der Waals surface area contributed by atoms with E-state index in [0.717, 1.165) is 57.8 Å². The minimum Gasteiger partial charge on any atom is -0.466 e. The van der Waals surface area contributed by atoms with Crippen molar-refractivity contribution in [3.8, 4) is 0 Å². The predicted molar refractivity (Wildman–Crippen MR) is 227 cm³/mol. The number of esters is 1. The number of carbonyl (C=O) groups is 2. The van der Waals surface area contributed by atoms with E-state index in [1.807, 2.05) is 6.08 Å². The van der Waals surface area contributed by atoms with Gasteiger partial charge in [0.2, 0.25) is 5.91 Å². The molecule has 2 unspecified atom stereocenters. The minimum absolute atomic E-state index is 0.00982. The average molecular weight is 750 g/mol. The summed E-state index contributed by atoms with van der Waals surface area (Å²) >= 11 is 0. The van der Waals surface area contributed by atoms with Gasteiger partial charge in [0.15, 0.2) is 0 Å². The van der Waals surface area contributed by atoms with Gasteiger partial charge >= 0.3 is 5.97 Å². The van der Waals surface area contributed by atoms with Gasteiger partial charge < -0.3 is 20.3 Å². The van der Waals surface area contributed by atoms with Gasteiger partial charge in [0.25, 0.3) is 0 Å². The van der Waals surface area contributed by atoms with Crippen molar-refractivity contribution >= 4 is 11.9 Å². The average Bonchev–Trinajstić information content (AvgIpc) is 3.16. The normalized spacial score (nSPS) is 12.8. The van der Waals surface area contributed by atoms with Crippen LogP contribution in [0.3, 0.4) is 0 Å². The highest BCUT2D eigenvalue weighted by Crippen LogP contribution is 2.15. The van der Waals surface area contributed by atoms with E-state index in [1.54, 1.807) is 6.08 Å². The van der Waals surface area contributed by atoms with Gasteiger partial charge in [-0.15, -0.1) is 0 Å². The van der Waals surface area contributed by atoms with Gasteiger partial charge in [0.05, 0.1) is 25.4 Å². The van der Waals surface area contributed by atoms with Crippen LogP contribution in [0.2, 0.25) is 0 Å². The fourth-order valence-electron chi connectivity index (χ4n) is 7.16. The monoisotopic (exact) mass is 750 g/mol. The van der Waals surface area contributed by atoms with Crippen molar-refractivity contribution in [3.05, 3.63) is 12.2 Å². The molecule has 0 saturated heterocycles. The largest absolute Gasteiger partial charge is 0.466 e. The molecule has 0 aliphatic rings. The Morgan fingerprint density at radius 1 is 0.509 bits per heavy atom. The SMILES string of the molecule is CCCCCCCCCCC/C=C/C(O)C(CO)NC(=O)CCCCCCCCCCCCCCOC(=O)CCCCCCCCCCCCCCC. The zero-order chi connectivity index (χ0) is 38.7. The molecule has 0 aliphatic heterocycles. The van der Waals surface area contributed by atoms with Gasteiger partial charge in [0, 0.05) is 12.8 Å². The zero-order valence-corrected chi connectivity index (χ0v) is 35.5. The molecule has 0 aromatic rings. The van der Waals surface area contributed by atoms with E-state index >= 15 is 0 Å². The van der Waals surface area contributed by atoms with Crippen molar-refractivity contribution in [1.29, 1.82) is 0 Å². The molecular formula is C47H91NO5. The molecule has 314 valence electrons. The lowest BCUT2D eigenvalue weighted by Crippen LogP contribution is -2.45. The molecule has 0 aromatic heterocycles. The molecule has 6 nitrogen and oxygen atoms in total. The van der Waals surface area contributed by atoms with Crippen molar-refractivity contribution in [2.45, 2.75) is 264 Å². The third-order valence-electron chi connectivity index (χ3n) is 10.8. The second-order valence-electron chi connectivity index (χ2n) is 16.1. The third kappa shape index (κ3) is 40.1. The van der Waals surface area contributed by atoms with Gasteiger partial charge in [0.1, 0.15) is 0 Å². The number of amides is 1. The maximum absolute atomic E-state index is 12.4. The minimum atomic E-state index is -0.851. The molecule has 0 aliphatic carbocycles. The van der Waals surface area contributed by atoms with Gasteiger partial charge in [-0.2, -0.15) is 0 Å². The summed E-state index contributed by atoms with van der Waals surface area (Å²) in [6, 6.07) is -0.636. The van der Waals surface area contributed by atoms with Crippen LogP contribution in [0.4, 0.5) is 0 Å². The van der Waals surface area contributed by atoms with Crippen LogP contribution < -0.4 is 5.32 Å². The Hall–Kier alpha value is -1.40. The molecule has 0 aromatic carbocycles. The standard InChI is InChI=1S/C47H91NO5/c1-3-5-7-9-11-13-15-16-21-25-29-33-37-41-47(52)53-42-38-34-30-26-22-18-17-20-24-28-32-36-40-46(51)48-44(43-49)45(50)39-35-31-27-23-19-14-12-10-8-6-4-2/h35,39,44-45,49-50H,3-34,36-38,40-43H2,1-2H3,(H,48,51)/b39-35+. The van der Waals surface area contributed by atoms with Gasteiger partial charge in [-0.25, -0.2) is 0 Å². The van der Waals surface area contributed by atoms with Crippen LogP contribution in [0.1, 0.15) is 251 Å². The summed E-state index contributed by atoms with van der Waals surface area (Å²) in [5.41, 5.74) is 0. The molecule has 2 atom stereocenters. The first-order chi connectivity index (χ1) is 26.0. The van der Waals surface area contributed by atoms with E-state index in [9.17, 15) is 19.8 Å². The van der Waals surface area contributed by atoms with E-state index in [0.29, 0.717) is 19.4 Å². The maximum atomic E-state index is 12.4. The third-order valence-corrected chi connectivity index (χ3v) is 10.8. The molecule has 0 bridgehead atoms. The molecular weight excluding hydrogens is 659 g/mol. The second kappa shape index (κ2) is 43.3. The van der Waals surface area contributed by atoms with Crippen LogP contribution in [0, 0.1) is 0 Å². The van der Waals surface area contributed by atoms with Crippen molar-refractivity contribution in [1.82, 2.24) is 5.32 Å². The number of aliphatic hydroxyl groups is 2. The summed E-state index contributed by atoms with van der Waals surface area (Å²) in [6.07, 6.45) is 47.7. The highest BCUT2D eigenvalue weighted by atomic mass is 16.5. The number of hydrogen-bond donors (Lipinski definition) is 3. The second-order valence-corrected chi connectivity index (χ2v) is 16.1. The van der Waals surface area contributed by atoms with Crippen molar-refractivity contribution in [2.24, 2.45) is 0 Å². The summed E-state index contributed by atoms with van der Waals surface area (Å²) in [7, 11) is 0. The lowest BCUT2D eigenvalue weighted by atomic mass is 10.0. The highest BCUT2D eigenvalue weighted by Gasteiger charge is 2.18.